The Morgan fingerprint density at radius 3 is 2.35 bits per heavy atom. The van der Waals surface area contributed by atoms with Gasteiger partial charge in [0.05, 0.1) is 17.9 Å². The number of carbonyl (C=O) groups excluding carboxylic acids is 2. The summed E-state index contributed by atoms with van der Waals surface area (Å²) in [6.45, 7) is 1.83. The Morgan fingerprint density at radius 1 is 1.08 bits per heavy atom. The molecule has 5 atom stereocenters. The fraction of sp³-hybridized carbons (Fsp3) is 0.765. The van der Waals surface area contributed by atoms with Gasteiger partial charge >= 0.3 is 11.9 Å². The summed E-state index contributed by atoms with van der Waals surface area (Å²) in [4.78, 5) is 49.1. The van der Waals surface area contributed by atoms with E-state index in [0.29, 0.717) is 32.2 Å². The number of methoxy groups -OCH3 is 1. The maximum Gasteiger partial charge on any atom is 0.326 e. The van der Waals surface area contributed by atoms with Crippen molar-refractivity contribution in [3.8, 4) is 0 Å². The SMILES string of the molecule is CO[C@@H]1CCC(C(=O)O)[C@H](C(=O)N[C@@H](C)C(=O)N2CCC[C@@H]2C(=O)O)C1. The second-order valence-corrected chi connectivity index (χ2v) is 6.98. The van der Waals surface area contributed by atoms with Crippen molar-refractivity contribution in [2.75, 3.05) is 13.7 Å². The van der Waals surface area contributed by atoms with E-state index in [1.54, 1.807) is 0 Å². The Kier molecular flexibility index (Phi) is 6.57. The number of carboxylic acids is 2. The predicted octanol–water partition coefficient (Wildman–Crippen LogP) is 0.0826. The molecule has 1 saturated carbocycles. The summed E-state index contributed by atoms with van der Waals surface area (Å²) in [5.41, 5.74) is 0. The molecule has 0 bridgehead atoms. The van der Waals surface area contributed by atoms with Gasteiger partial charge in [0.1, 0.15) is 12.1 Å². The normalized spacial score (nSPS) is 29.8. The molecule has 1 saturated heterocycles. The lowest BCUT2D eigenvalue weighted by Crippen LogP contribution is -2.53. The summed E-state index contributed by atoms with van der Waals surface area (Å²) < 4.78 is 5.26. The zero-order valence-electron chi connectivity index (χ0n) is 15.0. The van der Waals surface area contributed by atoms with Crippen LogP contribution in [-0.4, -0.2) is 70.7 Å². The molecule has 9 heteroatoms. The number of carboxylic acid groups (broad SMARTS) is 2. The molecule has 0 aromatic carbocycles. The number of nitrogens with one attached hydrogen (secondary N) is 1. The van der Waals surface area contributed by atoms with E-state index in [2.05, 4.69) is 5.32 Å². The van der Waals surface area contributed by atoms with Crippen LogP contribution in [0.5, 0.6) is 0 Å². The van der Waals surface area contributed by atoms with Crippen LogP contribution in [0, 0.1) is 11.8 Å². The molecule has 2 amide bonds. The third-order valence-corrected chi connectivity index (χ3v) is 5.34. The average molecular weight is 370 g/mol. The van der Waals surface area contributed by atoms with Crippen LogP contribution in [0.15, 0.2) is 0 Å². The highest BCUT2D eigenvalue weighted by atomic mass is 16.5. The van der Waals surface area contributed by atoms with Gasteiger partial charge in [-0.15, -0.1) is 0 Å². The lowest BCUT2D eigenvalue weighted by molar-refractivity contribution is -0.152. The number of carbonyl (C=O) groups is 4. The molecule has 2 fully saturated rings. The molecule has 1 aliphatic carbocycles. The lowest BCUT2D eigenvalue weighted by atomic mass is 9.77. The monoisotopic (exact) mass is 370 g/mol. The molecular formula is C17H26N2O7. The summed E-state index contributed by atoms with van der Waals surface area (Å²) in [7, 11) is 1.52. The lowest BCUT2D eigenvalue weighted by Gasteiger charge is -2.33. The first-order chi connectivity index (χ1) is 12.3. The molecule has 1 heterocycles. The van der Waals surface area contributed by atoms with E-state index in [9.17, 15) is 29.4 Å². The number of likely N-dealkylation sites (tertiary alicyclic amines) is 1. The number of amides is 2. The summed E-state index contributed by atoms with van der Waals surface area (Å²) in [6, 6.07) is -1.79. The van der Waals surface area contributed by atoms with E-state index in [0.717, 1.165) is 0 Å². The molecule has 1 aliphatic heterocycles. The van der Waals surface area contributed by atoms with Crippen LogP contribution in [0.2, 0.25) is 0 Å². The van der Waals surface area contributed by atoms with E-state index in [4.69, 9.17) is 4.74 Å². The highest BCUT2D eigenvalue weighted by Crippen LogP contribution is 2.32. The predicted molar refractivity (Wildman–Crippen MR) is 89.2 cm³/mol. The van der Waals surface area contributed by atoms with Gasteiger partial charge in [0, 0.05) is 13.7 Å². The van der Waals surface area contributed by atoms with Crippen molar-refractivity contribution in [3.05, 3.63) is 0 Å². The first-order valence-corrected chi connectivity index (χ1v) is 8.85. The molecule has 146 valence electrons. The zero-order valence-corrected chi connectivity index (χ0v) is 15.0. The van der Waals surface area contributed by atoms with Crippen LogP contribution in [0.4, 0.5) is 0 Å². The van der Waals surface area contributed by atoms with Gasteiger partial charge in [0.15, 0.2) is 0 Å². The molecular weight excluding hydrogens is 344 g/mol. The van der Waals surface area contributed by atoms with E-state index in [-0.39, 0.29) is 12.5 Å². The molecule has 1 unspecified atom stereocenters. The van der Waals surface area contributed by atoms with Crippen LogP contribution < -0.4 is 5.32 Å². The van der Waals surface area contributed by atoms with E-state index in [1.807, 2.05) is 0 Å². The first kappa shape index (κ1) is 20.2. The highest BCUT2D eigenvalue weighted by molar-refractivity contribution is 5.92. The Hall–Kier alpha value is -2.16. The Balaban J connectivity index is 2.03. The second kappa shape index (κ2) is 8.48. The Bertz CT molecular complexity index is 579. The topological polar surface area (TPSA) is 133 Å². The number of hydrogen-bond acceptors (Lipinski definition) is 5. The largest absolute Gasteiger partial charge is 0.481 e. The second-order valence-electron chi connectivity index (χ2n) is 6.98. The van der Waals surface area contributed by atoms with Crippen LogP contribution >= 0.6 is 0 Å². The number of hydrogen-bond donors (Lipinski definition) is 3. The first-order valence-electron chi connectivity index (χ1n) is 8.85. The van der Waals surface area contributed by atoms with E-state index < -0.39 is 47.7 Å². The summed E-state index contributed by atoms with van der Waals surface area (Å²) in [6.07, 6.45) is 1.98. The fourth-order valence-corrected chi connectivity index (χ4v) is 3.85. The molecule has 0 aromatic rings. The third-order valence-electron chi connectivity index (χ3n) is 5.34. The van der Waals surface area contributed by atoms with Crippen LogP contribution in [0.25, 0.3) is 0 Å². The maximum absolute atomic E-state index is 12.6. The molecule has 26 heavy (non-hydrogen) atoms. The van der Waals surface area contributed by atoms with Crippen LogP contribution in [0.3, 0.4) is 0 Å². The smallest absolute Gasteiger partial charge is 0.326 e. The van der Waals surface area contributed by atoms with Crippen molar-refractivity contribution < 1.29 is 34.1 Å². The zero-order chi connectivity index (χ0) is 19.4. The maximum atomic E-state index is 12.6. The van der Waals surface area contributed by atoms with Crippen LogP contribution in [-0.2, 0) is 23.9 Å². The fourth-order valence-electron chi connectivity index (χ4n) is 3.85. The Morgan fingerprint density at radius 2 is 1.77 bits per heavy atom. The average Bonchev–Trinajstić information content (AvgIpc) is 3.10. The van der Waals surface area contributed by atoms with Crippen molar-refractivity contribution in [2.24, 2.45) is 11.8 Å². The van der Waals surface area contributed by atoms with Crippen molar-refractivity contribution in [3.63, 3.8) is 0 Å². The van der Waals surface area contributed by atoms with Crippen molar-refractivity contribution in [1.29, 1.82) is 0 Å². The summed E-state index contributed by atoms with van der Waals surface area (Å²) in [5, 5.41) is 21.1. The van der Waals surface area contributed by atoms with Gasteiger partial charge in [-0.05, 0) is 39.0 Å². The van der Waals surface area contributed by atoms with Crippen LogP contribution in [0.1, 0.15) is 39.0 Å². The van der Waals surface area contributed by atoms with Gasteiger partial charge in [-0.3, -0.25) is 14.4 Å². The molecule has 2 rings (SSSR count). The molecule has 9 nitrogen and oxygen atoms in total. The molecule has 0 spiro atoms. The standard InChI is InChI=1S/C17H26N2O7/c1-9(15(21)19-7-3-4-13(19)17(24)25)18-14(20)12-8-10(26-2)5-6-11(12)16(22)23/h9-13H,3-8H2,1-2H3,(H,18,20)(H,22,23)(H,24,25)/t9-,10+,11?,12+,13+/m0/s1. The minimum Gasteiger partial charge on any atom is -0.481 e. The molecule has 2 aliphatic rings. The molecule has 0 aromatic heterocycles. The summed E-state index contributed by atoms with van der Waals surface area (Å²) >= 11 is 0. The minimum atomic E-state index is -1.06. The van der Waals surface area contributed by atoms with E-state index in [1.165, 1.54) is 18.9 Å². The van der Waals surface area contributed by atoms with Gasteiger partial charge in [0.25, 0.3) is 0 Å². The van der Waals surface area contributed by atoms with E-state index >= 15 is 0 Å². The quantitative estimate of drug-likeness (QED) is 0.603. The Labute approximate surface area is 151 Å². The number of aliphatic carboxylic acids is 2. The number of nitrogens with zero attached hydrogens (tertiary/aromatic N) is 1. The summed E-state index contributed by atoms with van der Waals surface area (Å²) in [5.74, 6) is -4.67. The molecule has 3 N–H and O–H groups in total. The van der Waals surface area contributed by atoms with Crippen molar-refractivity contribution in [2.45, 2.75) is 57.2 Å². The minimum absolute atomic E-state index is 0.192. The number of rotatable bonds is 6. The van der Waals surface area contributed by atoms with Gasteiger partial charge in [0.2, 0.25) is 11.8 Å². The molecule has 0 radical (unpaired) electrons. The van der Waals surface area contributed by atoms with Crippen molar-refractivity contribution >= 4 is 23.8 Å². The third kappa shape index (κ3) is 4.32. The van der Waals surface area contributed by atoms with Gasteiger partial charge in [-0.25, -0.2) is 4.79 Å². The highest BCUT2D eigenvalue weighted by Gasteiger charge is 2.41. The van der Waals surface area contributed by atoms with Crippen molar-refractivity contribution in [1.82, 2.24) is 10.2 Å². The number of ether oxygens (including phenoxy) is 1. The van der Waals surface area contributed by atoms with Gasteiger partial charge in [-0.1, -0.05) is 0 Å². The van der Waals surface area contributed by atoms with Gasteiger partial charge < -0.3 is 25.2 Å². The van der Waals surface area contributed by atoms with Gasteiger partial charge in [-0.2, -0.15) is 0 Å².